The standard InChI is InChI=1S/C13H12N4O/c1-8-2-5-10(18-8)13-14-7-6-11-15-12(9-3-4-9)16-17(11)13/h2,5-7,9H,3-4H2,1H3. The zero-order valence-electron chi connectivity index (χ0n) is 10.00. The van der Waals surface area contributed by atoms with E-state index in [1.807, 2.05) is 25.1 Å². The van der Waals surface area contributed by atoms with Crippen LogP contribution >= 0.6 is 0 Å². The number of rotatable bonds is 2. The van der Waals surface area contributed by atoms with Crippen molar-refractivity contribution in [2.75, 3.05) is 0 Å². The van der Waals surface area contributed by atoms with Crippen LogP contribution < -0.4 is 0 Å². The molecule has 5 heteroatoms. The summed E-state index contributed by atoms with van der Waals surface area (Å²) in [5, 5.41) is 4.54. The highest BCUT2D eigenvalue weighted by Gasteiger charge is 2.28. The molecule has 0 radical (unpaired) electrons. The Morgan fingerprint density at radius 2 is 2.17 bits per heavy atom. The van der Waals surface area contributed by atoms with Crippen LogP contribution in [0.15, 0.2) is 28.8 Å². The molecular formula is C13H12N4O. The molecule has 3 aromatic rings. The normalized spacial score (nSPS) is 15.4. The SMILES string of the molecule is Cc1ccc(-c2nccc3nc(C4CC4)nn23)o1. The van der Waals surface area contributed by atoms with Crippen molar-refractivity contribution < 1.29 is 4.42 Å². The maximum absolute atomic E-state index is 5.61. The van der Waals surface area contributed by atoms with Crippen LogP contribution in [0.1, 0.15) is 30.3 Å². The van der Waals surface area contributed by atoms with Gasteiger partial charge in [0.15, 0.2) is 23.1 Å². The fraction of sp³-hybridized carbons (Fsp3) is 0.308. The molecule has 90 valence electrons. The highest BCUT2D eigenvalue weighted by Crippen LogP contribution is 2.38. The Labute approximate surface area is 103 Å². The molecule has 0 aliphatic heterocycles. The van der Waals surface area contributed by atoms with Crippen molar-refractivity contribution >= 4 is 5.65 Å². The van der Waals surface area contributed by atoms with E-state index < -0.39 is 0 Å². The molecule has 0 atom stereocenters. The van der Waals surface area contributed by atoms with E-state index in [4.69, 9.17) is 4.42 Å². The molecule has 3 heterocycles. The van der Waals surface area contributed by atoms with E-state index in [-0.39, 0.29) is 0 Å². The fourth-order valence-corrected chi connectivity index (χ4v) is 2.07. The van der Waals surface area contributed by atoms with E-state index in [0.29, 0.717) is 11.7 Å². The third-order valence-corrected chi connectivity index (χ3v) is 3.17. The lowest BCUT2D eigenvalue weighted by molar-refractivity contribution is 0.541. The van der Waals surface area contributed by atoms with Gasteiger partial charge < -0.3 is 4.42 Å². The minimum Gasteiger partial charge on any atom is -0.458 e. The van der Waals surface area contributed by atoms with E-state index in [2.05, 4.69) is 15.1 Å². The average Bonchev–Trinajstić information content (AvgIpc) is 2.99. The summed E-state index contributed by atoms with van der Waals surface area (Å²) in [7, 11) is 0. The summed E-state index contributed by atoms with van der Waals surface area (Å²) in [5.41, 5.74) is 0.830. The van der Waals surface area contributed by atoms with E-state index in [9.17, 15) is 0 Å². The highest BCUT2D eigenvalue weighted by atomic mass is 16.3. The van der Waals surface area contributed by atoms with Crippen molar-refractivity contribution in [1.82, 2.24) is 19.6 Å². The van der Waals surface area contributed by atoms with E-state index >= 15 is 0 Å². The zero-order valence-corrected chi connectivity index (χ0v) is 10.00. The predicted molar refractivity (Wildman–Crippen MR) is 65.2 cm³/mol. The third kappa shape index (κ3) is 1.44. The maximum atomic E-state index is 5.61. The van der Waals surface area contributed by atoms with Gasteiger partial charge in [0, 0.05) is 18.2 Å². The maximum Gasteiger partial charge on any atom is 0.198 e. The number of furan rings is 1. The quantitative estimate of drug-likeness (QED) is 0.690. The van der Waals surface area contributed by atoms with Gasteiger partial charge in [0.2, 0.25) is 0 Å². The first-order chi connectivity index (χ1) is 8.81. The summed E-state index contributed by atoms with van der Waals surface area (Å²) < 4.78 is 7.38. The van der Waals surface area contributed by atoms with Gasteiger partial charge in [0.1, 0.15) is 5.76 Å². The predicted octanol–water partition coefficient (Wildman–Crippen LogP) is 2.57. The average molecular weight is 240 g/mol. The van der Waals surface area contributed by atoms with Crippen LogP contribution in [-0.2, 0) is 0 Å². The molecule has 0 unspecified atom stereocenters. The molecule has 1 aliphatic carbocycles. The topological polar surface area (TPSA) is 56.2 Å². The van der Waals surface area contributed by atoms with Gasteiger partial charge in [0.05, 0.1) is 0 Å². The van der Waals surface area contributed by atoms with Gasteiger partial charge in [-0.2, -0.15) is 4.52 Å². The number of hydrogen-bond donors (Lipinski definition) is 0. The molecule has 5 nitrogen and oxygen atoms in total. The minimum absolute atomic E-state index is 0.538. The lowest BCUT2D eigenvalue weighted by atomic mass is 10.4. The van der Waals surface area contributed by atoms with Crippen LogP contribution in [0, 0.1) is 6.92 Å². The molecule has 3 aromatic heterocycles. The second kappa shape index (κ2) is 3.41. The van der Waals surface area contributed by atoms with Crippen LogP contribution in [0.4, 0.5) is 0 Å². The Hall–Kier alpha value is -2.17. The molecule has 0 spiro atoms. The first kappa shape index (κ1) is 9.82. The van der Waals surface area contributed by atoms with E-state index in [1.165, 1.54) is 12.8 Å². The summed E-state index contributed by atoms with van der Waals surface area (Å²) in [5.74, 6) is 3.76. The van der Waals surface area contributed by atoms with Crippen LogP contribution in [0.25, 0.3) is 17.2 Å². The fourth-order valence-electron chi connectivity index (χ4n) is 2.07. The van der Waals surface area contributed by atoms with Crippen molar-refractivity contribution in [3.05, 3.63) is 36.0 Å². The van der Waals surface area contributed by atoms with Gasteiger partial charge >= 0.3 is 0 Å². The van der Waals surface area contributed by atoms with Gasteiger partial charge in [0.25, 0.3) is 0 Å². The van der Waals surface area contributed by atoms with Gasteiger partial charge in [-0.05, 0) is 31.9 Å². The molecule has 18 heavy (non-hydrogen) atoms. The first-order valence-electron chi connectivity index (χ1n) is 6.10. The summed E-state index contributed by atoms with van der Waals surface area (Å²) in [6, 6.07) is 5.71. The Morgan fingerprint density at radius 1 is 1.28 bits per heavy atom. The molecule has 0 amide bonds. The molecule has 0 aromatic carbocycles. The van der Waals surface area contributed by atoms with E-state index in [0.717, 1.165) is 23.0 Å². The smallest absolute Gasteiger partial charge is 0.198 e. The molecule has 0 bridgehead atoms. The summed E-state index contributed by atoms with van der Waals surface area (Å²) in [6.45, 7) is 1.92. The Morgan fingerprint density at radius 3 is 2.89 bits per heavy atom. The second-order valence-corrected chi connectivity index (χ2v) is 4.69. The van der Waals surface area contributed by atoms with Crippen LogP contribution in [0.2, 0.25) is 0 Å². The number of nitrogens with zero attached hydrogens (tertiary/aromatic N) is 4. The van der Waals surface area contributed by atoms with Crippen molar-refractivity contribution in [2.45, 2.75) is 25.7 Å². The largest absolute Gasteiger partial charge is 0.458 e. The minimum atomic E-state index is 0.538. The molecular weight excluding hydrogens is 228 g/mol. The molecule has 4 rings (SSSR count). The van der Waals surface area contributed by atoms with Gasteiger partial charge in [-0.1, -0.05) is 0 Å². The van der Waals surface area contributed by atoms with Crippen LogP contribution in [0.5, 0.6) is 0 Å². The summed E-state index contributed by atoms with van der Waals surface area (Å²) >= 11 is 0. The number of aryl methyl sites for hydroxylation is 1. The molecule has 1 fully saturated rings. The molecule has 1 saturated carbocycles. The monoisotopic (exact) mass is 240 g/mol. The van der Waals surface area contributed by atoms with Gasteiger partial charge in [-0.15, -0.1) is 5.10 Å². The molecule has 0 saturated heterocycles. The second-order valence-electron chi connectivity index (χ2n) is 4.69. The third-order valence-electron chi connectivity index (χ3n) is 3.17. The van der Waals surface area contributed by atoms with Crippen LogP contribution in [0.3, 0.4) is 0 Å². The Kier molecular flexibility index (Phi) is 1.86. The number of hydrogen-bond acceptors (Lipinski definition) is 4. The van der Waals surface area contributed by atoms with Crippen LogP contribution in [-0.4, -0.2) is 19.6 Å². The van der Waals surface area contributed by atoms with E-state index in [1.54, 1.807) is 10.7 Å². The summed E-state index contributed by atoms with van der Waals surface area (Å²) in [4.78, 5) is 8.89. The molecule has 1 aliphatic rings. The lowest BCUT2D eigenvalue weighted by Crippen LogP contribution is -1.96. The van der Waals surface area contributed by atoms with Gasteiger partial charge in [-0.3, -0.25) is 0 Å². The molecule has 0 N–H and O–H groups in total. The first-order valence-corrected chi connectivity index (χ1v) is 6.10. The zero-order chi connectivity index (χ0) is 12.1. The van der Waals surface area contributed by atoms with Crippen molar-refractivity contribution in [3.63, 3.8) is 0 Å². The Bertz CT molecular complexity index is 724. The van der Waals surface area contributed by atoms with Crippen molar-refractivity contribution in [2.24, 2.45) is 0 Å². The van der Waals surface area contributed by atoms with Crippen molar-refractivity contribution in [1.29, 1.82) is 0 Å². The lowest BCUT2D eigenvalue weighted by Gasteiger charge is -1.98. The highest BCUT2D eigenvalue weighted by molar-refractivity contribution is 5.53. The number of aromatic nitrogens is 4. The number of fused-ring (bicyclic) bond motifs is 1. The van der Waals surface area contributed by atoms with Gasteiger partial charge in [-0.25, -0.2) is 9.97 Å². The van der Waals surface area contributed by atoms with Crippen molar-refractivity contribution in [3.8, 4) is 11.6 Å². The Balaban J connectivity index is 1.93. The summed E-state index contributed by atoms with van der Waals surface area (Å²) in [6.07, 6.45) is 4.13.